The number of nitrogens with zero attached hydrogens (tertiary/aromatic N) is 2. The topological polar surface area (TPSA) is 28.2 Å². The van der Waals surface area contributed by atoms with Crippen molar-refractivity contribution in [2.45, 2.75) is 39.8 Å². The van der Waals surface area contributed by atoms with Crippen molar-refractivity contribution in [3.05, 3.63) is 45.8 Å². The lowest BCUT2D eigenvalue weighted by molar-refractivity contribution is 0.586. The maximum absolute atomic E-state index is 4.74. The first-order valence-corrected chi connectivity index (χ1v) is 8.37. The van der Waals surface area contributed by atoms with E-state index < -0.39 is 0 Å². The van der Waals surface area contributed by atoms with Crippen molar-refractivity contribution < 1.29 is 0 Å². The van der Waals surface area contributed by atoms with Gasteiger partial charge in [0, 0.05) is 36.8 Å². The molecule has 0 saturated heterocycles. The summed E-state index contributed by atoms with van der Waals surface area (Å²) in [5, 5.41) is 5.58. The second-order valence-electron chi connectivity index (χ2n) is 5.70. The lowest BCUT2D eigenvalue weighted by Crippen LogP contribution is -2.24. The lowest BCUT2D eigenvalue weighted by Gasteiger charge is -2.19. The number of thiophene rings is 1. The molecule has 0 aliphatic heterocycles. The fourth-order valence-corrected chi connectivity index (χ4v) is 2.84. The lowest BCUT2D eigenvalue weighted by atomic mass is 10.2. The Morgan fingerprint density at radius 2 is 2.10 bits per heavy atom. The van der Waals surface area contributed by atoms with Crippen LogP contribution in [0.1, 0.15) is 30.0 Å². The van der Waals surface area contributed by atoms with Crippen molar-refractivity contribution in [3.63, 3.8) is 0 Å². The molecule has 0 bridgehead atoms. The molecule has 0 aliphatic rings. The summed E-state index contributed by atoms with van der Waals surface area (Å²) in [7, 11) is 2.11. The molecule has 0 aliphatic carbocycles. The second kappa shape index (κ2) is 7.57. The van der Waals surface area contributed by atoms with Crippen LogP contribution in [0.3, 0.4) is 0 Å². The Morgan fingerprint density at radius 1 is 1.29 bits per heavy atom. The average Bonchev–Trinajstić information content (AvgIpc) is 2.96. The van der Waals surface area contributed by atoms with E-state index >= 15 is 0 Å². The summed E-state index contributed by atoms with van der Waals surface area (Å²) in [4.78, 5) is 8.40. The Kier molecular flexibility index (Phi) is 5.76. The van der Waals surface area contributed by atoms with E-state index in [0.29, 0.717) is 6.04 Å². The van der Waals surface area contributed by atoms with Gasteiger partial charge in [0.2, 0.25) is 0 Å². The Bertz CT molecular complexity index is 549. The first-order chi connectivity index (χ1) is 10.1. The smallest absolute Gasteiger partial charge is 0.128 e. The van der Waals surface area contributed by atoms with Crippen LogP contribution in [0, 0.1) is 6.92 Å². The monoisotopic (exact) mass is 303 g/mol. The van der Waals surface area contributed by atoms with Crippen LogP contribution in [-0.4, -0.2) is 24.6 Å². The van der Waals surface area contributed by atoms with Gasteiger partial charge in [-0.3, -0.25) is 0 Å². The van der Waals surface area contributed by atoms with Gasteiger partial charge in [-0.2, -0.15) is 0 Å². The summed E-state index contributed by atoms with van der Waals surface area (Å²) in [5.41, 5.74) is 2.39. The van der Waals surface area contributed by atoms with E-state index in [1.807, 2.05) is 11.3 Å². The highest BCUT2D eigenvalue weighted by molar-refractivity contribution is 7.09. The minimum atomic E-state index is 0.498. The molecule has 0 unspecified atom stereocenters. The number of aromatic nitrogens is 1. The number of hydrogen-bond donors (Lipinski definition) is 1. The van der Waals surface area contributed by atoms with Crippen LogP contribution in [0.25, 0.3) is 0 Å². The van der Waals surface area contributed by atoms with Gasteiger partial charge in [-0.15, -0.1) is 11.3 Å². The Labute approximate surface area is 132 Å². The number of likely N-dealkylation sites (N-methyl/N-ethyl adjacent to an activating group) is 1. The van der Waals surface area contributed by atoms with Crippen LogP contribution in [0.4, 0.5) is 5.82 Å². The zero-order valence-corrected chi connectivity index (χ0v) is 14.2. The molecule has 0 aromatic carbocycles. The van der Waals surface area contributed by atoms with Crippen molar-refractivity contribution >= 4 is 17.2 Å². The molecule has 0 spiro atoms. The number of hydrogen-bond acceptors (Lipinski definition) is 4. The van der Waals surface area contributed by atoms with Gasteiger partial charge in [0.1, 0.15) is 5.82 Å². The van der Waals surface area contributed by atoms with Crippen LogP contribution < -0.4 is 10.2 Å². The molecule has 2 aromatic heterocycles. The molecule has 1 N–H and O–H groups in total. The third-order valence-corrected chi connectivity index (χ3v) is 4.48. The van der Waals surface area contributed by atoms with Gasteiger partial charge < -0.3 is 10.2 Å². The molecule has 2 heterocycles. The summed E-state index contributed by atoms with van der Waals surface area (Å²) in [5.74, 6) is 1.05. The van der Waals surface area contributed by atoms with Crippen LogP contribution in [0.2, 0.25) is 0 Å². The third-order valence-electron chi connectivity index (χ3n) is 3.55. The van der Waals surface area contributed by atoms with Gasteiger partial charge in [0.05, 0.1) is 0 Å². The largest absolute Gasteiger partial charge is 0.359 e. The molecule has 0 fully saturated rings. The van der Waals surface area contributed by atoms with E-state index in [4.69, 9.17) is 4.98 Å². The van der Waals surface area contributed by atoms with Crippen LogP contribution in [0.15, 0.2) is 29.6 Å². The molecular weight excluding hydrogens is 278 g/mol. The van der Waals surface area contributed by atoms with E-state index in [0.717, 1.165) is 31.0 Å². The zero-order chi connectivity index (χ0) is 15.2. The fourth-order valence-electron chi connectivity index (χ4n) is 2.14. The predicted octanol–water partition coefficient (Wildman–Crippen LogP) is 3.63. The first-order valence-electron chi connectivity index (χ1n) is 7.49. The summed E-state index contributed by atoms with van der Waals surface area (Å²) in [6.07, 6.45) is 1.07. The molecule has 4 heteroatoms. The minimum Gasteiger partial charge on any atom is -0.359 e. The van der Waals surface area contributed by atoms with Crippen molar-refractivity contribution in [2.75, 3.05) is 18.5 Å². The van der Waals surface area contributed by atoms with Gasteiger partial charge in [-0.1, -0.05) is 26.0 Å². The SMILES string of the molecule is Cc1nc(N(C)CCc2cccs2)ccc1CNC(C)C. The molecule has 3 nitrogen and oxygen atoms in total. The number of aryl methyl sites for hydroxylation is 1. The molecule has 0 radical (unpaired) electrons. The fraction of sp³-hybridized carbons (Fsp3) is 0.471. The second-order valence-corrected chi connectivity index (χ2v) is 6.73. The van der Waals surface area contributed by atoms with Gasteiger partial charge >= 0.3 is 0 Å². The van der Waals surface area contributed by atoms with E-state index in [-0.39, 0.29) is 0 Å². The van der Waals surface area contributed by atoms with Crippen molar-refractivity contribution in [2.24, 2.45) is 0 Å². The molecule has 0 atom stereocenters. The molecular formula is C17H25N3S. The van der Waals surface area contributed by atoms with Crippen LogP contribution in [-0.2, 0) is 13.0 Å². The molecule has 0 saturated carbocycles. The quantitative estimate of drug-likeness (QED) is 0.846. The average molecular weight is 303 g/mol. The van der Waals surface area contributed by atoms with E-state index in [2.05, 4.69) is 67.7 Å². The summed E-state index contributed by atoms with van der Waals surface area (Å²) < 4.78 is 0. The van der Waals surface area contributed by atoms with Crippen LogP contribution in [0.5, 0.6) is 0 Å². The molecule has 0 amide bonds. The Hall–Kier alpha value is -1.39. The van der Waals surface area contributed by atoms with Gasteiger partial charge in [0.25, 0.3) is 0 Å². The van der Waals surface area contributed by atoms with Gasteiger partial charge in [-0.25, -0.2) is 4.98 Å². The third kappa shape index (κ3) is 4.83. The maximum atomic E-state index is 4.74. The van der Waals surface area contributed by atoms with E-state index in [9.17, 15) is 0 Å². The Balaban J connectivity index is 1.95. The Morgan fingerprint density at radius 3 is 2.71 bits per heavy atom. The highest BCUT2D eigenvalue weighted by Gasteiger charge is 2.07. The van der Waals surface area contributed by atoms with Gasteiger partial charge in [-0.05, 0) is 36.4 Å². The number of pyridine rings is 1. The number of anilines is 1. The van der Waals surface area contributed by atoms with Crippen molar-refractivity contribution in [1.82, 2.24) is 10.3 Å². The highest BCUT2D eigenvalue weighted by atomic mass is 32.1. The van der Waals surface area contributed by atoms with Crippen molar-refractivity contribution in [3.8, 4) is 0 Å². The number of nitrogens with one attached hydrogen (secondary N) is 1. The van der Waals surface area contributed by atoms with E-state index in [1.165, 1.54) is 10.4 Å². The summed E-state index contributed by atoms with van der Waals surface area (Å²) in [6.45, 7) is 8.30. The van der Waals surface area contributed by atoms with Crippen molar-refractivity contribution in [1.29, 1.82) is 0 Å². The molecule has 2 aromatic rings. The predicted molar refractivity (Wildman–Crippen MR) is 92.2 cm³/mol. The highest BCUT2D eigenvalue weighted by Crippen LogP contribution is 2.16. The van der Waals surface area contributed by atoms with Gasteiger partial charge in [0.15, 0.2) is 0 Å². The molecule has 2 rings (SSSR count). The standard InChI is InChI=1S/C17H25N3S/c1-13(2)18-12-15-7-8-17(19-14(15)3)20(4)10-9-16-6-5-11-21-16/h5-8,11,13,18H,9-10,12H2,1-4H3. The zero-order valence-electron chi connectivity index (χ0n) is 13.4. The maximum Gasteiger partial charge on any atom is 0.128 e. The van der Waals surface area contributed by atoms with E-state index in [1.54, 1.807) is 0 Å². The minimum absolute atomic E-state index is 0.498. The van der Waals surface area contributed by atoms with Crippen LogP contribution >= 0.6 is 11.3 Å². The summed E-state index contributed by atoms with van der Waals surface area (Å²) in [6, 6.07) is 9.11. The number of rotatable bonds is 7. The first kappa shape index (κ1) is 16.0. The summed E-state index contributed by atoms with van der Waals surface area (Å²) >= 11 is 1.82. The normalized spacial score (nSPS) is 11.1. The molecule has 114 valence electrons. The molecule has 21 heavy (non-hydrogen) atoms.